The summed E-state index contributed by atoms with van der Waals surface area (Å²) in [5, 5.41) is 0.856. The van der Waals surface area contributed by atoms with Gasteiger partial charge in [0.1, 0.15) is 5.03 Å². The van der Waals surface area contributed by atoms with Crippen LogP contribution in [-0.2, 0) is 0 Å². The lowest BCUT2D eigenvalue weighted by Crippen LogP contribution is -2.49. The van der Waals surface area contributed by atoms with Crippen molar-refractivity contribution in [2.75, 3.05) is 31.1 Å². The number of halogens is 1. The number of anilines is 1. The van der Waals surface area contributed by atoms with E-state index in [1.807, 2.05) is 41.3 Å². The second kappa shape index (κ2) is 8.70. The van der Waals surface area contributed by atoms with Crippen LogP contribution in [0, 0.1) is 0 Å². The van der Waals surface area contributed by atoms with Crippen molar-refractivity contribution >= 4 is 39.5 Å². The van der Waals surface area contributed by atoms with Crippen molar-refractivity contribution in [3.05, 3.63) is 71.1 Å². The average molecular weight is 456 g/mol. The molecule has 0 N–H and O–H groups in total. The summed E-state index contributed by atoms with van der Waals surface area (Å²) >= 11 is 4.90. The molecule has 0 atom stereocenters. The van der Waals surface area contributed by atoms with Crippen LogP contribution in [0.25, 0.3) is 0 Å². The number of carbonyl (C=O) groups excluding carboxylic acids is 1. The maximum absolute atomic E-state index is 13.1. The predicted molar refractivity (Wildman–Crippen MR) is 113 cm³/mol. The molecule has 0 spiro atoms. The van der Waals surface area contributed by atoms with Gasteiger partial charge in [-0.05, 0) is 46.3 Å². The fourth-order valence-corrected chi connectivity index (χ4v) is 4.12. The summed E-state index contributed by atoms with van der Waals surface area (Å²) < 4.78 is 0.932. The number of nitrogens with zero attached hydrogens (tertiary/aromatic N) is 5. The first-order valence-electron chi connectivity index (χ1n) is 8.90. The Morgan fingerprint density at radius 3 is 2.39 bits per heavy atom. The second-order valence-electron chi connectivity index (χ2n) is 6.24. The largest absolute Gasteiger partial charge is 0.337 e. The molecule has 1 saturated heterocycles. The lowest BCUT2D eigenvalue weighted by Gasteiger charge is -2.35. The average Bonchev–Trinajstić information content (AvgIpc) is 2.76. The highest BCUT2D eigenvalue weighted by atomic mass is 79.9. The summed E-state index contributed by atoms with van der Waals surface area (Å²) in [6.45, 7) is 2.73. The van der Waals surface area contributed by atoms with E-state index in [1.54, 1.807) is 24.7 Å². The number of pyridine rings is 1. The molecule has 0 aliphatic carbocycles. The standard InChI is InChI=1S/C20H18BrN5OS/c21-15-6-7-18(24-14-15)28-17-5-2-1-4-16(17)19(27)25-10-12-26(13-11-25)20-22-8-3-9-23-20/h1-9,14H,10-13H2. The minimum absolute atomic E-state index is 0.0499. The monoisotopic (exact) mass is 455 g/mol. The molecule has 1 fully saturated rings. The summed E-state index contributed by atoms with van der Waals surface area (Å²) in [7, 11) is 0. The number of hydrogen-bond acceptors (Lipinski definition) is 6. The van der Waals surface area contributed by atoms with Crippen LogP contribution < -0.4 is 4.90 Å². The minimum atomic E-state index is 0.0499. The predicted octanol–water partition coefficient (Wildman–Crippen LogP) is 3.75. The summed E-state index contributed by atoms with van der Waals surface area (Å²) in [5.74, 6) is 0.765. The molecule has 142 valence electrons. The fraction of sp³-hybridized carbons (Fsp3) is 0.200. The van der Waals surface area contributed by atoms with E-state index in [9.17, 15) is 4.79 Å². The van der Waals surface area contributed by atoms with Crippen LogP contribution in [0.4, 0.5) is 5.95 Å². The van der Waals surface area contributed by atoms with Crippen LogP contribution in [0.15, 0.2) is 75.4 Å². The third-order valence-electron chi connectivity index (χ3n) is 4.43. The molecule has 3 aromatic rings. The molecule has 28 heavy (non-hydrogen) atoms. The molecule has 0 bridgehead atoms. The lowest BCUT2D eigenvalue weighted by atomic mass is 10.2. The quantitative estimate of drug-likeness (QED) is 0.596. The van der Waals surface area contributed by atoms with Crippen molar-refractivity contribution in [3.8, 4) is 0 Å². The van der Waals surface area contributed by atoms with Crippen molar-refractivity contribution in [1.29, 1.82) is 0 Å². The Morgan fingerprint density at radius 2 is 1.68 bits per heavy atom. The van der Waals surface area contributed by atoms with Gasteiger partial charge < -0.3 is 9.80 Å². The molecule has 3 heterocycles. The first-order valence-corrected chi connectivity index (χ1v) is 10.5. The second-order valence-corrected chi connectivity index (χ2v) is 8.22. The van der Waals surface area contributed by atoms with Gasteiger partial charge in [0.2, 0.25) is 5.95 Å². The van der Waals surface area contributed by atoms with E-state index in [0.717, 1.165) is 27.5 Å². The molecule has 4 rings (SSSR count). The van der Waals surface area contributed by atoms with E-state index < -0.39 is 0 Å². The van der Waals surface area contributed by atoms with Crippen LogP contribution in [0.2, 0.25) is 0 Å². The highest BCUT2D eigenvalue weighted by Crippen LogP contribution is 2.30. The van der Waals surface area contributed by atoms with Gasteiger partial charge in [0.05, 0.1) is 5.56 Å². The first-order chi connectivity index (χ1) is 13.7. The van der Waals surface area contributed by atoms with Gasteiger partial charge in [0, 0.05) is 54.1 Å². The van der Waals surface area contributed by atoms with Gasteiger partial charge in [-0.2, -0.15) is 0 Å². The third-order valence-corrected chi connectivity index (χ3v) is 5.93. The Morgan fingerprint density at radius 1 is 0.929 bits per heavy atom. The number of rotatable bonds is 4. The maximum Gasteiger partial charge on any atom is 0.255 e. The molecule has 1 aliphatic rings. The molecule has 0 unspecified atom stereocenters. The Hall–Kier alpha value is -2.45. The van der Waals surface area contributed by atoms with E-state index in [0.29, 0.717) is 24.6 Å². The van der Waals surface area contributed by atoms with E-state index in [-0.39, 0.29) is 5.91 Å². The summed E-state index contributed by atoms with van der Waals surface area (Å²) in [5.41, 5.74) is 0.710. The topological polar surface area (TPSA) is 62.2 Å². The Kier molecular flexibility index (Phi) is 5.87. The van der Waals surface area contributed by atoms with Crippen molar-refractivity contribution in [1.82, 2.24) is 19.9 Å². The number of carbonyl (C=O) groups is 1. The Balaban J connectivity index is 1.46. The molecule has 0 saturated carbocycles. The molecule has 2 aromatic heterocycles. The molecule has 0 radical (unpaired) electrons. The van der Waals surface area contributed by atoms with Gasteiger partial charge in [0.15, 0.2) is 0 Å². The zero-order valence-corrected chi connectivity index (χ0v) is 17.4. The highest BCUT2D eigenvalue weighted by Gasteiger charge is 2.25. The van der Waals surface area contributed by atoms with Gasteiger partial charge in [-0.3, -0.25) is 4.79 Å². The zero-order valence-electron chi connectivity index (χ0n) is 15.0. The van der Waals surface area contributed by atoms with E-state index >= 15 is 0 Å². The molecule has 8 heteroatoms. The fourth-order valence-electron chi connectivity index (χ4n) is 3.00. The SMILES string of the molecule is O=C(c1ccccc1Sc1ccc(Br)cn1)N1CCN(c2ncccn2)CC1. The van der Waals surface area contributed by atoms with Crippen LogP contribution in [-0.4, -0.2) is 51.9 Å². The van der Waals surface area contributed by atoms with E-state index in [4.69, 9.17) is 0 Å². The van der Waals surface area contributed by atoms with Crippen molar-refractivity contribution in [2.24, 2.45) is 0 Å². The van der Waals surface area contributed by atoms with E-state index in [2.05, 4.69) is 35.8 Å². The number of piperazine rings is 1. The number of benzene rings is 1. The minimum Gasteiger partial charge on any atom is -0.337 e. The van der Waals surface area contributed by atoms with Gasteiger partial charge in [-0.15, -0.1) is 0 Å². The Bertz CT molecular complexity index is 946. The third kappa shape index (κ3) is 4.34. The molecule has 1 aromatic carbocycles. The summed E-state index contributed by atoms with van der Waals surface area (Å²) in [6, 6.07) is 13.4. The molecule has 6 nitrogen and oxygen atoms in total. The van der Waals surface area contributed by atoms with Crippen molar-refractivity contribution < 1.29 is 4.79 Å². The van der Waals surface area contributed by atoms with Crippen molar-refractivity contribution in [3.63, 3.8) is 0 Å². The summed E-state index contributed by atoms with van der Waals surface area (Å²) in [4.78, 5) is 31.1. The van der Waals surface area contributed by atoms with Gasteiger partial charge in [-0.1, -0.05) is 23.9 Å². The van der Waals surface area contributed by atoms with Gasteiger partial charge in [0.25, 0.3) is 5.91 Å². The van der Waals surface area contributed by atoms with Crippen LogP contribution in [0.1, 0.15) is 10.4 Å². The van der Waals surface area contributed by atoms with E-state index in [1.165, 1.54) is 11.8 Å². The molecule has 1 amide bonds. The highest BCUT2D eigenvalue weighted by molar-refractivity contribution is 9.10. The smallest absolute Gasteiger partial charge is 0.255 e. The first kappa shape index (κ1) is 18.9. The van der Waals surface area contributed by atoms with Gasteiger partial charge >= 0.3 is 0 Å². The lowest BCUT2D eigenvalue weighted by molar-refractivity contribution is 0.0742. The molecule has 1 aliphatic heterocycles. The Labute approximate surface area is 176 Å². The van der Waals surface area contributed by atoms with Crippen molar-refractivity contribution in [2.45, 2.75) is 9.92 Å². The molecular weight excluding hydrogens is 438 g/mol. The maximum atomic E-state index is 13.1. The normalized spacial score (nSPS) is 14.2. The van der Waals surface area contributed by atoms with Crippen LogP contribution >= 0.6 is 27.7 Å². The van der Waals surface area contributed by atoms with Gasteiger partial charge in [-0.25, -0.2) is 15.0 Å². The number of amides is 1. The number of hydrogen-bond donors (Lipinski definition) is 0. The molecular formula is C20H18BrN5OS. The zero-order chi connectivity index (χ0) is 19.3. The van der Waals surface area contributed by atoms with Crippen LogP contribution in [0.3, 0.4) is 0 Å². The van der Waals surface area contributed by atoms with Crippen LogP contribution in [0.5, 0.6) is 0 Å². The summed E-state index contributed by atoms with van der Waals surface area (Å²) in [6.07, 6.45) is 5.24. The number of aromatic nitrogens is 3.